The molecule has 1 N–H and O–H groups in total. The monoisotopic (exact) mass is 242 g/mol. The maximum atomic E-state index is 12.0. The predicted octanol–water partition coefficient (Wildman–Crippen LogP) is 0.394. The Labute approximate surface area is 94.8 Å². The molecule has 1 aliphatic rings. The number of hydrogen-bond acceptors (Lipinski definition) is 4. The van der Waals surface area contributed by atoms with Gasteiger partial charge in [0.2, 0.25) is 0 Å². The summed E-state index contributed by atoms with van der Waals surface area (Å²) in [6.45, 7) is 0.657. The number of aliphatic hydroxyl groups excluding tert-OH is 1. The molecule has 1 aliphatic heterocycles. The summed E-state index contributed by atoms with van der Waals surface area (Å²) in [4.78, 5) is 0.336. The average molecular weight is 242 g/mol. The molecule has 16 heavy (non-hydrogen) atoms. The van der Waals surface area contributed by atoms with E-state index >= 15 is 0 Å². The molecule has 1 fully saturated rings. The lowest BCUT2D eigenvalue weighted by Crippen LogP contribution is -2.40. The van der Waals surface area contributed by atoms with Gasteiger partial charge in [0.15, 0.2) is 9.84 Å². The molecule has 0 aliphatic carbocycles. The van der Waals surface area contributed by atoms with Gasteiger partial charge in [0.25, 0.3) is 0 Å². The second-order valence-corrected chi connectivity index (χ2v) is 6.05. The highest BCUT2D eigenvalue weighted by molar-refractivity contribution is 7.92. The molecule has 4 nitrogen and oxygen atoms in total. The Kier molecular flexibility index (Phi) is 3.28. The molecular formula is C11H14O4S. The summed E-state index contributed by atoms with van der Waals surface area (Å²) in [5.41, 5.74) is 0.936. The van der Waals surface area contributed by atoms with Crippen LogP contribution >= 0.6 is 0 Å². The number of rotatable bonds is 4. The fourth-order valence-electron chi connectivity index (χ4n) is 1.56. The van der Waals surface area contributed by atoms with E-state index in [1.807, 2.05) is 0 Å². The fraction of sp³-hybridized carbons (Fsp3) is 0.455. The van der Waals surface area contributed by atoms with Crippen molar-refractivity contribution in [1.29, 1.82) is 0 Å². The third kappa shape index (κ3) is 2.11. The third-order valence-electron chi connectivity index (χ3n) is 2.70. The van der Waals surface area contributed by atoms with E-state index in [1.165, 1.54) is 0 Å². The highest BCUT2D eigenvalue weighted by Gasteiger charge is 2.33. The van der Waals surface area contributed by atoms with Gasteiger partial charge in [-0.3, -0.25) is 0 Å². The highest BCUT2D eigenvalue weighted by Crippen LogP contribution is 2.21. The zero-order chi connectivity index (χ0) is 11.6. The average Bonchev–Trinajstić information content (AvgIpc) is 2.15. The van der Waals surface area contributed by atoms with Gasteiger partial charge in [-0.05, 0) is 24.1 Å². The van der Waals surface area contributed by atoms with Crippen molar-refractivity contribution in [3.8, 4) is 0 Å². The van der Waals surface area contributed by atoms with Crippen molar-refractivity contribution in [1.82, 2.24) is 0 Å². The zero-order valence-corrected chi connectivity index (χ0v) is 9.61. The summed E-state index contributed by atoms with van der Waals surface area (Å²) >= 11 is 0. The maximum absolute atomic E-state index is 12.0. The standard InChI is InChI=1S/C11H14O4S/c12-6-5-9-1-3-10(4-2-9)16(13,14)11-7-15-8-11/h1-4,11-12H,5-8H2. The van der Waals surface area contributed by atoms with E-state index in [0.29, 0.717) is 24.5 Å². The Bertz CT molecular complexity index is 445. The molecule has 0 atom stereocenters. The van der Waals surface area contributed by atoms with Gasteiger partial charge in [-0.25, -0.2) is 8.42 Å². The van der Waals surface area contributed by atoms with Gasteiger partial charge in [0.05, 0.1) is 18.1 Å². The van der Waals surface area contributed by atoms with Gasteiger partial charge >= 0.3 is 0 Å². The Balaban J connectivity index is 2.20. The van der Waals surface area contributed by atoms with Crippen LogP contribution in [0.25, 0.3) is 0 Å². The van der Waals surface area contributed by atoms with Gasteiger partial charge in [0, 0.05) is 6.61 Å². The summed E-state index contributed by atoms with van der Waals surface area (Å²) in [5, 5.41) is 8.36. The smallest absolute Gasteiger partial charge is 0.185 e. The Morgan fingerprint density at radius 3 is 2.31 bits per heavy atom. The van der Waals surface area contributed by atoms with Crippen molar-refractivity contribution in [2.45, 2.75) is 16.6 Å². The Morgan fingerprint density at radius 1 is 1.25 bits per heavy atom. The molecule has 1 aromatic carbocycles. The number of sulfone groups is 1. The molecule has 1 saturated heterocycles. The van der Waals surface area contributed by atoms with E-state index in [1.54, 1.807) is 24.3 Å². The molecular weight excluding hydrogens is 228 g/mol. The summed E-state index contributed by atoms with van der Waals surface area (Å²) in [6, 6.07) is 6.67. The summed E-state index contributed by atoms with van der Waals surface area (Å²) in [6.07, 6.45) is 0.548. The summed E-state index contributed by atoms with van der Waals surface area (Å²) in [5.74, 6) is 0. The van der Waals surface area contributed by atoms with Gasteiger partial charge < -0.3 is 9.84 Å². The minimum absolute atomic E-state index is 0.0720. The summed E-state index contributed by atoms with van der Waals surface area (Å²) in [7, 11) is -3.22. The quantitative estimate of drug-likeness (QED) is 0.829. The number of hydrogen-bond donors (Lipinski definition) is 1. The van der Waals surface area contributed by atoms with Crippen LogP contribution in [-0.4, -0.2) is 38.6 Å². The Morgan fingerprint density at radius 2 is 1.88 bits per heavy atom. The molecule has 0 radical (unpaired) electrons. The predicted molar refractivity (Wildman–Crippen MR) is 59.0 cm³/mol. The van der Waals surface area contributed by atoms with E-state index in [0.717, 1.165) is 5.56 Å². The van der Waals surface area contributed by atoms with Crippen LogP contribution in [0.4, 0.5) is 0 Å². The summed E-state index contributed by atoms with van der Waals surface area (Å²) < 4.78 is 28.8. The molecule has 0 spiro atoms. The highest BCUT2D eigenvalue weighted by atomic mass is 32.2. The minimum atomic E-state index is -3.22. The number of ether oxygens (including phenoxy) is 1. The second kappa shape index (κ2) is 4.53. The van der Waals surface area contributed by atoms with Crippen molar-refractivity contribution in [2.24, 2.45) is 0 Å². The first-order valence-corrected chi connectivity index (χ1v) is 6.70. The first-order chi connectivity index (χ1) is 7.64. The van der Waals surface area contributed by atoms with E-state index < -0.39 is 15.1 Å². The van der Waals surface area contributed by atoms with Crippen LogP contribution in [0.2, 0.25) is 0 Å². The van der Waals surface area contributed by atoms with Crippen LogP contribution in [0.5, 0.6) is 0 Å². The molecule has 2 rings (SSSR count). The van der Waals surface area contributed by atoms with Crippen LogP contribution in [-0.2, 0) is 21.0 Å². The number of aliphatic hydroxyl groups is 1. The lowest BCUT2D eigenvalue weighted by atomic mass is 10.2. The molecule has 0 bridgehead atoms. The van der Waals surface area contributed by atoms with Gasteiger partial charge in [-0.15, -0.1) is 0 Å². The van der Waals surface area contributed by atoms with Crippen molar-refractivity contribution in [2.75, 3.05) is 19.8 Å². The fourth-order valence-corrected chi connectivity index (χ4v) is 3.01. The molecule has 0 amide bonds. The zero-order valence-electron chi connectivity index (χ0n) is 8.80. The molecule has 5 heteroatoms. The van der Waals surface area contributed by atoms with Crippen LogP contribution in [0.1, 0.15) is 5.56 Å². The van der Waals surface area contributed by atoms with Crippen molar-refractivity contribution < 1.29 is 18.3 Å². The van der Waals surface area contributed by atoms with Gasteiger partial charge in [-0.2, -0.15) is 0 Å². The minimum Gasteiger partial charge on any atom is -0.396 e. The van der Waals surface area contributed by atoms with E-state index in [2.05, 4.69) is 0 Å². The maximum Gasteiger partial charge on any atom is 0.185 e. The van der Waals surface area contributed by atoms with Crippen LogP contribution < -0.4 is 0 Å². The first-order valence-electron chi connectivity index (χ1n) is 5.16. The first kappa shape index (κ1) is 11.6. The molecule has 0 saturated carbocycles. The van der Waals surface area contributed by atoms with E-state index in [9.17, 15) is 8.42 Å². The number of benzene rings is 1. The van der Waals surface area contributed by atoms with E-state index in [4.69, 9.17) is 9.84 Å². The van der Waals surface area contributed by atoms with Gasteiger partial charge in [0.1, 0.15) is 5.25 Å². The normalized spacial score (nSPS) is 17.1. The lowest BCUT2D eigenvalue weighted by Gasteiger charge is -2.25. The van der Waals surface area contributed by atoms with E-state index in [-0.39, 0.29) is 6.61 Å². The molecule has 1 heterocycles. The largest absolute Gasteiger partial charge is 0.396 e. The SMILES string of the molecule is O=S(=O)(c1ccc(CCO)cc1)C1COC1. The van der Waals surface area contributed by atoms with Crippen molar-refractivity contribution in [3.05, 3.63) is 29.8 Å². The van der Waals surface area contributed by atoms with Crippen molar-refractivity contribution in [3.63, 3.8) is 0 Å². The second-order valence-electron chi connectivity index (χ2n) is 3.82. The Hall–Kier alpha value is -0.910. The van der Waals surface area contributed by atoms with Crippen LogP contribution in [0.15, 0.2) is 29.2 Å². The molecule has 0 aromatic heterocycles. The van der Waals surface area contributed by atoms with Crippen LogP contribution in [0.3, 0.4) is 0 Å². The molecule has 1 aromatic rings. The lowest BCUT2D eigenvalue weighted by molar-refractivity contribution is 0.0416. The van der Waals surface area contributed by atoms with Crippen molar-refractivity contribution >= 4 is 9.84 Å². The van der Waals surface area contributed by atoms with Crippen LogP contribution in [0, 0.1) is 0 Å². The third-order valence-corrected chi connectivity index (χ3v) is 4.78. The van der Waals surface area contributed by atoms with Gasteiger partial charge in [-0.1, -0.05) is 12.1 Å². The molecule has 0 unspecified atom stereocenters. The molecule has 88 valence electrons. The topological polar surface area (TPSA) is 63.6 Å².